The van der Waals surface area contributed by atoms with Crippen molar-refractivity contribution in [3.05, 3.63) is 28.3 Å². The second-order valence-electron chi connectivity index (χ2n) is 6.21. The molecular weight excluding hydrogens is 308 g/mol. The lowest BCUT2D eigenvalue weighted by molar-refractivity contribution is 0.471. The first-order valence-corrected chi connectivity index (χ1v) is 9.30. The minimum atomic E-state index is -3.55. The van der Waals surface area contributed by atoms with Gasteiger partial charge in [0.1, 0.15) is 0 Å². The van der Waals surface area contributed by atoms with Gasteiger partial charge in [-0.3, -0.25) is 0 Å². The van der Waals surface area contributed by atoms with E-state index in [1.54, 1.807) is 13.0 Å². The molecule has 6 heteroatoms. The molecule has 3 rings (SSSR count). The first kappa shape index (κ1) is 15.3. The Morgan fingerprint density at radius 2 is 1.86 bits per heavy atom. The lowest BCUT2D eigenvalue weighted by atomic mass is 10.1. The van der Waals surface area contributed by atoms with Crippen LogP contribution in [0.1, 0.15) is 36.8 Å². The Balaban J connectivity index is 1.92. The van der Waals surface area contributed by atoms with Crippen molar-refractivity contribution in [1.29, 1.82) is 0 Å². The normalized spacial score (nSPS) is 19.2. The number of hydrogen-bond acceptors (Lipinski definition) is 3. The van der Waals surface area contributed by atoms with Crippen LogP contribution in [-0.2, 0) is 16.6 Å². The third-order valence-corrected chi connectivity index (χ3v) is 6.30. The van der Waals surface area contributed by atoms with Gasteiger partial charge in [-0.2, -0.15) is 0 Å². The highest BCUT2D eigenvalue weighted by Gasteiger charge is 2.43. The smallest absolute Gasteiger partial charge is 0.241 e. The van der Waals surface area contributed by atoms with Crippen LogP contribution in [0.2, 0.25) is 5.02 Å². The van der Waals surface area contributed by atoms with E-state index < -0.39 is 10.0 Å². The summed E-state index contributed by atoms with van der Waals surface area (Å²) in [6.45, 7) is 2.07. The minimum absolute atomic E-state index is 0.0923. The van der Waals surface area contributed by atoms with Gasteiger partial charge in [0.05, 0.1) is 4.90 Å². The van der Waals surface area contributed by atoms with E-state index in [9.17, 15) is 8.42 Å². The van der Waals surface area contributed by atoms with Crippen LogP contribution in [0.15, 0.2) is 17.0 Å². The summed E-state index contributed by atoms with van der Waals surface area (Å²) < 4.78 is 28.4. The molecule has 0 spiro atoms. The Morgan fingerprint density at radius 1 is 1.29 bits per heavy atom. The van der Waals surface area contributed by atoms with E-state index in [0.717, 1.165) is 31.2 Å². The molecule has 0 amide bonds. The maximum Gasteiger partial charge on any atom is 0.241 e. The molecule has 2 fully saturated rings. The van der Waals surface area contributed by atoms with E-state index >= 15 is 0 Å². The Labute approximate surface area is 131 Å². The highest BCUT2D eigenvalue weighted by atomic mass is 35.5. The Bertz CT molecular complexity index is 640. The molecular formula is C15H21ClN2O2S. The summed E-state index contributed by atoms with van der Waals surface area (Å²) >= 11 is 6.05. The number of sulfonamides is 1. The van der Waals surface area contributed by atoms with Crippen LogP contribution in [0.4, 0.5) is 0 Å². The third kappa shape index (κ3) is 3.26. The summed E-state index contributed by atoms with van der Waals surface area (Å²) in [7, 11) is -3.55. The molecule has 3 N–H and O–H groups in total. The molecule has 21 heavy (non-hydrogen) atoms. The molecule has 0 radical (unpaired) electrons. The van der Waals surface area contributed by atoms with Crippen molar-refractivity contribution >= 4 is 21.6 Å². The van der Waals surface area contributed by atoms with Gasteiger partial charge in [0.25, 0.3) is 0 Å². The summed E-state index contributed by atoms with van der Waals surface area (Å²) in [5.74, 6) is 1.03. The zero-order valence-corrected chi connectivity index (χ0v) is 13.7. The van der Waals surface area contributed by atoms with Crippen molar-refractivity contribution in [2.24, 2.45) is 17.6 Å². The Hall–Kier alpha value is -0.620. The lowest BCUT2D eigenvalue weighted by Gasteiger charge is -2.19. The van der Waals surface area contributed by atoms with Crippen LogP contribution in [0.25, 0.3) is 0 Å². The van der Waals surface area contributed by atoms with Crippen molar-refractivity contribution in [3.63, 3.8) is 0 Å². The van der Waals surface area contributed by atoms with Crippen LogP contribution in [0.3, 0.4) is 0 Å². The van der Waals surface area contributed by atoms with Crippen LogP contribution < -0.4 is 10.5 Å². The van der Waals surface area contributed by atoms with E-state index in [0.29, 0.717) is 22.4 Å². The lowest BCUT2D eigenvalue weighted by Crippen LogP contribution is -2.38. The van der Waals surface area contributed by atoms with Gasteiger partial charge < -0.3 is 5.73 Å². The van der Waals surface area contributed by atoms with Gasteiger partial charge in [-0.1, -0.05) is 11.6 Å². The molecule has 2 saturated carbocycles. The fourth-order valence-corrected chi connectivity index (χ4v) is 4.92. The molecule has 0 saturated heterocycles. The third-order valence-electron chi connectivity index (χ3n) is 4.49. The maximum atomic E-state index is 12.7. The second kappa shape index (κ2) is 5.54. The van der Waals surface area contributed by atoms with Crippen LogP contribution in [0, 0.1) is 18.8 Å². The van der Waals surface area contributed by atoms with Crippen molar-refractivity contribution in [2.75, 3.05) is 0 Å². The second-order valence-corrected chi connectivity index (χ2v) is 8.33. The van der Waals surface area contributed by atoms with Gasteiger partial charge in [0.2, 0.25) is 10.0 Å². The molecule has 0 unspecified atom stereocenters. The first-order chi connectivity index (χ1) is 9.92. The van der Waals surface area contributed by atoms with E-state index in [1.807, 2.05) is 0 Å². The zero-order valence-electron chi connectivity index (χ0n) is 12.1. The summed E-state index contributed by atoms with van der Waals surface area (Å²) in [6, 6.07) is 3.35. The van der Waals surface area contributed by atoms with Crippen LogP contribution in [-0.4, -0.2) is 14.5 Å². The van der Waals surface area contributed by atoms with Crippen molar-refractivity contribution < 1.29 is 8.42 Å². The van der Waals surface area contributed by atoms with Crippen molar-refractivity contribution in [1.82, 2.24) is 4.72 Å². The molecule has 0 atom stereocenters. The SMILES string of the molecule is Cc1c(CN)cc(Cl)cc1S(=O)(=O)NC(C1CC1)C1CC1. The maximum absolute atomic E-state index is 12.7. The average Bonchev–Trinajstić information content (AvgIpc) is 3.29. The molecule has 0 aliphatic heterocycles. The van der Waals surface area contributed by atoms with Crippen LogP contribution >= 0.6 is 11.6 Å². The molecule has 0 heterocycles. The van der Waals surface area contributed by atoms with E-state index in [1.165, 1.54) is 6.07 Å². The first-order valence-electron chi connectivity index (χ1n) is 7.44. The summed E-state index contributed by atoms with van der Waals surface area (Å²) in [6.07, 6.45) is 4.52. The van der Waals surface area contributed by atoms with Gasteiger partial charge in [-0.15, -0.1) is 0 Å². The quantitative estimate of drug-likeness (QED) is 0.843. The summed E-state index contributed by atoms with van der Waals surface area (Å²) in [5, 5.41) is 0.413. The number of nitrogens with one attached hydrogen (secondary N) is 1. The average molecular weight is 329 g/mol. The van der Waals surface area contributed by atoms with E-state index in [-0.39, 0.29) is 17.5 Å². The topological polar surface area (TPSA) is 72.2 Å². The number of halogens is 1. The highest BCUT2D eigenvalue weighted by Crippen LogP contribution is 2.45. The molecule has 2 aliphatic carbocycles. The highest BCUT2D eigenvalue weighted by molar-refractivity contribution is 7.89. The monoisotopic (exact) mass is 328 g/mol. The molecule has 2 aliphatic rings. The van der Waals surface area contributed by atoms with Gasteiger partial charge in [0.15, 0.2) is 0 Å². The predicted octanol–water partition coefficient (Wildman–Crippen LogP) is 2.57. The predicted molar refractivity (Wildman–Crippen MR) is 83.6 cm³/mol. The fraction of sp³-hybridized carbons (Fsp3) is 0.600. The van der Waals surface area contributed by atoms with Gasteiger partial charge in [-0.25, -0.2) is 13.1 Å². The number of nitrogens with two attached hydrogens (primary N) is 1. The number of rotatable bonds is 6. The molecule has 1 aromatic carbocycles. The Morgan fingerprint density at radius 3 is 2.33 bits per heavy atom. The summed E-state index contributed by atoms with van der Waals surface area (Å²) in [4.78, 5) is 0.266. The van der Waals surface area contributed by atoms with E-state index in [4.69, 9.17) is 17.3 Å². The summed E-state index contributed by atoms with van der Waals surface area (Å²) in [5.41, 5.74) is 7.15. The fourth-order valence-electron chi connectivity index (χ4n) is 2.93. The molecule has 0 bridgehead atoms. The molecule has 116 valence electrons. The molecule has 0 aromatic heterocycles. The Kier molecular flexibility index (Phi) is 4.03. The van der Waals surface area contributed by atoms with Gasteiger partial charge >= 0.3 is 0 Å². The van der Waals surface area contributed by atoms with Gasteiger partial charge in [-0.05, 0) is 67.7 Å². The number of benzene rings is 1. The minimum Gasteiger partial charge on any atom is -0.326 e. The van der Waals surface area contributed by atoms with E-state index in [2.05, 4.69) is 4.72 Å². The number of hydrogen-bond donors (Lipinski definition) is 2. The van der Waals surface area contributed by atoms with Crippen LogP contribution in [0.5, 0.6) is 0 Å². The van der Waals surface area contributed by atoms with Crippen molar-refractivity contribution in [3.8, 4) is 0 Å². The largest absolute Gasteiger partial charge is 0.326 e. The molecule has 4 nitrogen and oxygen atoms in total. The van der Waals surface area contributed by atoms with Crippen molar-refractivity contribution in [2.45, 2.75) is 50.1 Å². The standard InChI is InChI=1S/C15H21ClN2O2S/c1-9-12(8-17)6-13(16)7-14(9)21(19,20)18-15(10-2-3-10)11-4-5-11/h6-7,10-11,15,18H,2-5,8,17H2,1H3. The molecule has 1 aromatic rings. The zero-order chi connectivity index (χ0) is 15.2. The van der Waals surface area contributed by atoms with Gasteiger partial charge in [0, 0.05) is 17.6 Å².